The van der Waals surface area contributed by atoms with Gasteiger partial charge in [-0.15, -0.1) is 0 Å². The number of alkyl halides is 3. The fraction of sp³-hybridized carbons (Fsp3) is 0.400. The van der Waals surface area contributed by atoms with E-state index in [0.717, 1.165) is 48.3 Å². The smallest absolute Gasteiger partial charge is 0.393 e. The maximum atomic E-state index is 12.9. The lowest BCUT2D eigenvalue weighted by molar-refractivity contribution is -0.141. The first-order valence-electron chi connectivity index (χ1n) is 9.07. The summed E-state index contributed by atoms with van der Waals surface area (Å²) in [5.41, 5.74) is 1.50. The predicted molar refractivity (Wildman–Crippen MR) is 95.3 cm³/mol. The van der Waals surface area contributed by atoms with Crippen LogP contribution in [0.5, 0.6) is 0 Å². The largest absolute Gasteiger partial charge is 0.433 e. The van der Waals surface area contributed by atoms with Crippen LogP contribution in [-0.2, 0) is 12.7 Å². The fourth-order valence-electron chi connectivity index (χ4n) is 3.83. The van der Waals surface area contributed by atoms with Crippen molar-refractivity contribution in [3.05, 3.63) is 59.5 Å². The molecule has 0 saturated heterocycles. The molecule has 7 heteroatoms. The summed E-state index contributed by atoms with van der Waals surface area (Å²) in [4.78, 5) is 3.42. The number of pyridine rings is 1. The summed E-state index contributed by atoms with van der Waals surface area (Å²) in [7, 11) is 0. The Morgan fingerprint density at radius 3 is 2.56 bits per heavy atom. The average Bonchev–Trinajstić information content (AvgIpc) is 3.01. The van der Waals surface area contributed by atoms with Crippen LogP contribution in [0.3, 0.4) is 0 Å². The minimum atomic E-state index is -4.46. The minimum absolute atomic E-state index is 0.243. The van der Waals surface area contributed by atoms with Gasteiger partial charge in [0.15, 0.2) is 0 Å². The third-order valence-corrected chi connectivity index (χ3v) is 5.22. The topological polar surface area (TPSA) is 50.9 Å². The molecule has 0 radical (unpaired) electrons. The second-order valence-corrected chi connectivity index (χ2v) is 7.11. The molecule has 1 N–H and O–H groups in total. The van der Waals surface area contributed by atoms with Crippen molar-refractivity contribution in [2.75, 3.05) is 0 Å². The number of nitrogens with zero attached hydrogens (tertiary/aromatic N) is 3. The monoisotopic (exact) mass is 375 g/mol. The number of aliphatic hydroxyl groups excluding tert-OH is 1. The van der Waals surface area contributed by atoms with Crippen LogP contribution in [0.2, 0.25) is 0 Å². The molecule has 1 fully saturated rings. The number of halogens is 3. The van der Waals surface area contributed by atoms with Gasteiger partial charge in [0.2, 0.25) is 0 Å². The third-order valence-electron chi connectivity index (χ3n) is 5.22. The van der Waals surface area contributed by atoms with Crippen LogP contribution in [0.25, 0.3) is 10.9 Å². The van der Waals surface area contributed by atoms with Gasteiger partial charge in [0.25, 0.3) is 0 Å². The number of para-hydroxylation sites is 1. The number of hydrogen-bond acceptors (Lipinski definition) is 3. The van der Waals surface area contributed by atoms with Crippen LogP contribution in [-0.4, -0.2) is 26.0 Å². The maximum Gasteiger partial charge on any atom is 0.433 e. The highest BCUT2D eigenvalue weighted by molar-refractivity contribution is 5.82. The van der Waals surface area contributed by atoms with Gasteiger partial charge in [0.1, 0.15) is 5.69 Å². The second kappa shape index (κ2) is 6.96. The Hall–Kier alpha value is -2.41. The molecular formula is C20H20F3N3O. The third kappa shape index (κ3) is 3.69. The van der Waals surface area contributed by atoms with Gasteiger partial charge in [-0.25, -0.2) is 0 Å². The molecule has 1 aromatic carbocycles. The molecule has 2 heterocycles. The maximum absolute atomic E-state index is 12.9. The molecule has 3 aromatic rings. The van der Waals surface area contributed by atoms with E-state index in [1.807, 2.05) is 24.3 Å². The number of aromatic nitrogens is 3. The molecule has 0 atom stereocenters. The molecule has 0 unspecified atom stereocenters. The predicted octanol–water partition coefficient (Wildman–Crippen LogP) is 4.52. The summed E-state index contributed by atoms with van der Waals surface area (Å²) in [5, 5.41) is 15.5. The van der Waals surface area contributed by atoms with Crippen LogP contribution in [0.4, 0.5) is 13.2 Å². The van der Waals surface area contributed by atoms with Crippen LogP contribution in [0, 0.1) is 0 Å². The first-order valence-corrected chi connectivity index (χ1v) is 9.07. The lowest BCUT2D eigenvalue weighted by Gasteiger charge is -2.24. The normalized spacial score (nSPS) is 20.9. The van der Waals surface area contributed by atoms with Gasteiger partial charge >= 0.3 is 6.18 Å². The molecule has 1 aliphatic rings. The highest BCUT2D eigenvalue weighted by Crippen LogP contribution is 2.36. The second-order valence-electron chi connectivity index (χ2n) is 7.11. The summed E-state index contributed by atoms with van der Waals surface area (Å²) in [5.74, 6) is 0.266. The Balaban J connectivity index is 1.69. The van der Waals surface area contributed by atoms with Gasteiger partial charge in [-0.3, -0.25) is 9.67 Å². The summed E-state index contributed by atoms with van der Waals surface area (Å²) in [6.45, 7) is 0.251. The first-order chi connectivity index (χ1) is 12.9. The molecule has 0 amide bonds. The van der Waals surface area contributed by atoms with E-state index in [1.165, 1.54) is 6.20 Å². The van der Waals surface area contributed by atoms with Gasteiger partial charge in [-0.2, -0.15) is 18.3 Å². The lowest BCUT2D eigenvalue weighted by Crippen LogP contribution is -2.17. The Morgan fingerprint density at radius 2 is 1.81 bits per heavy atom. The summed E-state index contributed by atoms with van der Waals surface area (Å²) in [6, 6.07) is 10.5. The van der Waals surface area contributed by atoms with E-state index < -0.39 is 11.9 Å². The summed E-state index contributed by atoms with van der Waals surface area (Å²) in [6.07, 6.45) is -0.266. The van der Waals surface area contributed by atoms with Crippen molar-refractivity contribution < 1.29 is 18.3 Å². The zero-order valence-electron chi connectivity index (χ0n) is 14.7. The van der Waals surface area contributed by atoms with Crippen molar-refractivity contribution >= 4 is 10.9 Å². The van der Waals surface area contributed by atoms with E-state index >= 15 is 0 Å². The molecule has 0 spiro atoms. The van der Waals surface area contributed by atoms with E-state index in [4.69, 9.17) is 5.10 Å². The zero-order chi connectivity index (χ0) is 19.0. The molecular weight excluding hydrogens is 355 g/mol. The van der Waals surface area contributed by atoms with Gasteiger partial charge in [-0.1, -0.05) is 18.2 Å². The van der Waals surface area contributed by atoms with Crippen molar-refractivity contribution in [3.8, 4) is 0 Å². The van der Waals surface area contributed by atoms with Crippen molar-refractivity contribution in [2.24, 2.45) is 0 Å². The van der Waals surface area contributed by atoms with Crippen LogP contribution in [0.15, 0.2) is 42.6 Å². The minimum Gasteiger partial charge on any atom is -0.393 e. The first kappa shape index (κ1) is 18.0. The fourth-order valence-corrected chi connectivity index (χ4v) is 3.83. The van der Waals surface area contributed by atoms with Crippen molar-refractivity contribution in [1.82, 2.24) is 14.8 Å². The van der Waals surface area contributed by atoms with E-state index in [9.17, 15) is 18.3 Å². The van der Waals surface area contributed by atoms with E-state index in [2.05, 4.69) is 4.98 Å². The molecule has 0 bridgehead atoms. The Labute approximate surface area is 154 Å². The molecule has 1 saturated carbocycles. The molecule has 142 valence electrons. The van der Waals surface area contributed by atoms with Crippen molar-refractivity contribution in [2.45, 2.75) is 50.4 Å². The summed E-state index contributed by atoms with van der Waals surface area (Å²) >= 11 is 0. The van der Waals surface area contributed by atoms with E-state index in [0.29, 0.717) is 5.56 Å². The van der Waals surface area contributed by atoms with E-state index in [1.54, 1.807) is 10.7 Å². The quantitative estimate of drug-likeness (QED) is 0.732. The molecule has 27 heavy (non-hydrogen) atoms. The van der Waals surface area contributed by atoms with Gasteiger partial charge in [-0.05, 0) is 49.4 Å². The number of rotatable bonds is 3. The number of benzene rings is 1. The van der Waals surface area contributed by atoms with E-state index in [-0.39, 0.29) is 18.6 Å². The SMILES string of the molecule is OC1CCC(c2nn(Cc3ccnc(C(F)(F)F)c3)c3ccccc23)CC1. The van der Waals surface area contributed by atoms with Crippen LogP contribution >= 0.6 is 0 Å². The summed E-state index contributed by atoms with van der Waals surface area (Å²) < 4.78 is 40.6. The van der Waals surface area contributed by atoms with Crippen LogP contribution in [0.1, 0.15) is 48.6 Å². The molecule has 4 rings (SSSR count). The molecule has 1 aliphatic carbocycles. The van der Waals surface area contributed by atoms with Crippen molar-refractivity contribution in [3.63, 3.8) is 0 Å². The number of fused-ring (bicyclic) bond motifs is 1. The molecule has 4 nitrogen and oxygen atoms in total. The van der Waals surface area contributed by atoms with Gasteiger partial charge in [0, 0.05) is 17.5 Å². The Morgan fingerprint density at radius 1 is 1.07 bits per heavy atom. The standard InChI is InChI=1S/C20H20F3N3O/c21-20(22,23)18-11-13(9-10-24-18)12-26-17-4-2-1-3-16(17)19(25-26)14-5-7-15(27)8-6-14/h1-4,9-11,14-15,27H,5-8,12H2. The number of hydrogen-bond donors (Lipinski definition) is 1. The van der Waals surface area contributed by atoms with Crippen molar-refractivity contribution in [1.29, 1.82) is 0 Å². The Bertz CT molecular complexity index is 943. The average molecular weight is 375 g/mol. The van der Waals surface area contributed by atoms with Gasteiger partial charge in [0.05, 0.1) is 23.9 Å². The Kier molecular flexibility index (Phi) is 4.63. The van der Waals surface area contributed by atoms with Gasteiger partial charge < -0.3 is 5.11 Å². The zero-order valence-corrected chi connectivity index (χ0v) is 14.7. The molecule has 0 aliphatic heterocycles. The highest BCUT2D eigenvalue weighted by atomic mass is 19.4. The lowest BCUT2D eigenvalue weighted by atomic mass is 9.84. The molecule has 2 aromatic heterocycles. The van der Waals surface area contributed by atoms with Crippen LogP contribution < -0.4 is 0 Å². The number of aliphatic hydroxyl groups is 1. The highest BCUT2D eigenvalue weighted by Gasteiger charge is 2.32.